The second-order valence-corrected chi connectivity index (χ2v) is 6.77. The molecule has 1 heterocycles. The number of carbonyl (C=O) groups excluding carboxylic acids is 3. The van der Waals surface area contributed by atoms with Crippen LogP contribution in [0.25, 0.3) is 0 Å². The first-order chi connectivity index (χ1) is 14.1. The number of carbonyl (C=O) groups is 3. The highest BCUT2D eigenvalue weighted by Crippen LogP contribution is 2.19. The van der Waals surface area contributed by atoms with Crippen molar-refractivity contribution in [3.8, 4) is 5.75 Å². The van der Waals surface area contributed by atoms with Gasteiger partial charge in [0.25, 0.3) is 11.8 Å². The number of esters is 1. The van der Waals surface area contributed by atoms with Crippen LogP contribution < -0.4 is 15.4 Å². The number of hydrogen-bond donors (Lipinski definition) is 2. The number of amides is 2. The normalized spacial score (nSPS) is 10.1. The smallest absolute Gasteiger partial charge is 0.344 e. The van der Waals surface area contributed by atoms with Crippen LogP contribution in [-0.4, -0.2) is 31.0 Å². The third kappa shape index (κ3) is 6.47. The van der Waals surface area contributed by atoms with Gasteiger partial charge in [0, 0.05) is 11.4 Å². The second-order valence-electron chi connectivity index (χ2n) is 5.82. The second kappa shape index (κ2) is 10.0. The lowest BCUT2D eigenvalue weighted by Crippen LogP contribution is -2.34. The molecule has 3 rings (SSSR count). The molecule has 1 aromatic heterocycles. The van der Waals surface area contributed by atoms with Gasteiger partial charge in [0.05, 0.1) is 4.88 Å². The van der Waals surface area contributed by atoms with Crippen molar-refractivity contribution in [2.24, 2.45) is 0 Å². The molecule has 29 heavy (non-hydrogen) atoms. The minimum atomic E-state index is -0.713. The van der Waals surface area contributed by atoms with Gasteiger partial charge in [-0.3, -0.25) is 14.9 Å². The van der Waals surface area contributed by atoms with Gasteiger partial charge in [0.2, 0.25) is 0 Å². The van der Waals surface area contributed by atoms with E-state index in [1.54, 1.807) is 29.6 Å². The molecule has 0 radical (unpaired) electrons. The largest absolute Gasteiger partial charge is 0.482 e. The third-order valence-corrected chi connectivity index (χ3v) is 4.50. The van der Waals surface area contributed by atoms with Gasteiger partial charge in [-0.05, 0) is 47.8 Å². The summed E-state index contributed by atoms with van der Waals surface area (Å²) in [5.41, 5.74) is 1.83. The molecule has 0 fully saturated rings. The zero-order chi connectivity index (χ0) is 20.5. The van der Waals surface area contributed by atoms with E-state index in [2.05, 4.69) is 10.6 Å². The van der Waals surface area contributed by atoms with E-state index in [0.29, 0.717) is 10.6 Å². The van der Waals surface area contributed by atoms with E-state index < -0.39 is 24.4 Å². The Morgan fingerprint density at radius 3 is 2.24 bits per heavy atom. The van der Waals surface area contributed by atoms with Gasteiger partial charge in [-0.2, -0.15) is 0 Å². The first kappa shape index (κ1) is 20.1. The van der Waals surface area contributed by atoms with Gasteiger partial charge in [-0.25, -0.2) is 4.79 Å². The first-order valence-corrected chi connectivity index (χ1v) is 9.56. The molecule has 7 nitrogen and oxygen atoms in total. The maximum atomic E-state index is 11.7. The van der Waals surface area contributed by atoms with Crippen LogP contribution in [0.2, 0.25) is 0 Å². The molecular formula is C21H18N2O5S. The van der Waals surface area contributed by atoms with E-state index in [0.717, 1.165) is 11.4 Å². The predicted molar refractivity (Wildman–Crippen MR) is 109 cm³/mol. The molecule has 148 valence electrons. The molecule has 2 N–H and O–H groups in total. The standard InChI is InChI=1S/C21H18N2O5S/c24-19(23-21(26)18-7-4-12-29-18)13-28-20(25)14-27-17-10-8-16(9-11-17)22-15-5-2-1-3-6-15/h1-12,22H,13-14H2,(H,23,24,26). The van der Waals surface area contributed by atoms with Gasteiger partial charge >= 0.3 is 5.97 Å². The van der Waals surface area contributed by atoms with Crippen LogP contribution in [0.15, 0.2) is 72.1 Å². The maximum absolute atomic E-state index is 11.7. The molecule has 0 saturated heterocycles. The van der Waals surface area contributed by atoms with Crippen LogP contribution in [0.1, 0.15) is 9.67 Å². The van der Waals surface area contributed by atoms with E-state index in [4.69, 9.17) is 9.47 Å². The maximum Gasteiger partial charge on any atom is 0.344 e. The van der Waals surface area contributed by atoms with Crippen molar-refractivity contribution in [1.82, 2.24) is 5.32 Å². The van der Waals surface area contributed by atoms with Crippen LogP contribution in [0.5, 0.6) is 5.75 Å². The molecule has 0 atom stereocenters. The average molecular weight is 410 g/mol. The van der Waals surface area contributed by atoms with Crippen molar-refractivity contribution >= 4 is 40.5 Å². The first-order valence-electron chi connectivity index (χ1n) is 8.68. The summed E-state index contributed by atoms with van der Waals surface area (Å²) in [5, 5.41) is 7.10. The number of thiophene rings is 1. The Labute approximate surface area is 171 Å². The summed E-state index contributed by atoms with van der Waals surface area (Å²) in [5.74, 6) is -1.46. The molecule has 2 aromatic carbocycles. The Kier molecular flexibility index (Phi) is 6.96. The van der Waals surface area contributed by atoms with Crippen molar-refractivity contribution in [2.75, 3.05) is 18.5 Å². The average Bonchev–Trinajstić information content (AvgIpc) is 3.28. The highest BCUT2D eigenvalue weighted by atomic mass is 32.1. The van der Waals surface area contributed by atoms with Gasteiger partial charge in [0.1, 0.15) is 5.75 Å². The third-order valence-electron chi connectivity index (χ3n) is 3.64. The summed E-state index contributed by atoms with van der Waals surface area (Å²) in [4.78, 5) is 35.5. The van der Waals surface area contributed by atoms with Crippen LogP contribution in [0.3, 0.4) is 0 Å². The minimum Gasteiger partial charge on any atom is -0.482 e. The summed E-state index contributed by atoms with van der Waals surface area (Å²) in [6.07, 6.45) is 0. The molecular weight excluding hydrogens is 392 g/mol. The summed E-state index contributed by atoms with van der Waals surface area (Å²) in [7, 11) is 0. The molecule has 3 aromatic rings. The van der Waals surface area contributed by atoms with Gasteiger partial charge in [0.15, 0.2) is 13.2 Å². The summed E-state index contributed by atoms with van der Waals surface area (Å²) in [6.45, 7) is -0.906. The zero-order valence-corrected chi connectivity index (χ0v) is 16.1. The Bertz CT molecular complexity index is 957. The fraction of sp³-hybridized carbons (Fsp3) is 0.0952. The number of rotatable bonds is 8. The number of anilines is 2. The minimum absolute atomic E-state index is 0.350. The Hall–Kier alpha value is -3.65. The zero-order valence-electron chi connectivity index (χ0n) is 15.3. The van der Waals surface area contributed by atoms with Gasteiger partial charge in [-0.1, -0.05) is 24.3 Å². The van der Waals surface area contributed by atoms with Crippen LogP contribution in [0, 0.1) is 0 Å². The number of nitrogens with one attached hydrogen (secondary N) is 2. The molecule has 0 saturated carbocycles. The number of benzene rings is 2. The number of imide groups is 1. The molecule has 8 heteroatoms. The Morgan fingerprint density at radius 1 is 0.828 bits per heavy atom. The molecule has 0 spiro atoms. The SMILES string of the molecule is O=C(COC(=O)COc1ccc(Nc2ccccc2)cc1)NC(=O)c1cccs1. The van der Waals surface area contributed by atoms with E-state index in [9.17, 15) is 14.4 Å². The molecule has 0 aliphatic rings. The van der Waals surface area contributed by atoms with Crippen molar-refractivity contribution in [3.63, 3.8) is 0 Å². The molecule has 0 aliphatic heterocycles. The summed E-state index contributed by atoms with van der Waals surface area (Å²) < 4.78 is 10.2. The van der Waals surface area contributed by atoms with E-state index >= 15 is 0 Å². The molecule has 2 amide bonds. The van der Waals surface area contributed by atoms with Crippen molar-refractivity contribution in [2.45, 2.75) is 0 Å². The highest BCUT2D eigenvalue weighted by molar-refractivity contribution is 7.12. The van der Waals surface area contributed by atoms with Crippen LogP contribution in [-0.2, 0) is 14.3 Å². The van der Waals surface area contributed by atoms with Crippen molar-refractivity contribution in [3.05, 3.63) is 77.0 Å². The highest BCUT2D eigenvalue weighted by Gasteiger charge is 2.13. The Morgan fingerprint density at radius 2 is 1.55 bits per heavy atom. The van der Waals surface area contributed by atoms with Crippen molar-refractivity contribution < 1.29 is 23.9 Å². The van der Waals surface area contributed by atoms with Gasteiger partial charge < -0.3 is 14.8 Å². The Balaban J connectivity index is 1.37. The number of para-hydroxylation sites is 1. The van der Waals surface area contributed by atoms with E-state index in [1.807, 2.05) is 42.5 Å². The number of ether oxygens (including phenoxy) is 2. The van der Waals surface area contributed by atoms with Gasteiger partial charge in [-0.15, -0.1) is 11.3 Å². The van der Waals surface area contributed by atoms with Crippen LogP contribution >= 0.6 is 11.3 Å². The fourth-order valence-electron chi connectivity index (χ4n) is 2.28. The van der Waals surface area contributed by atoms with Crippen LogP contribution in [0.4, 0.5) is 11.4 Å². The van der Waals surface area contributed by atoms with E-state index in [-0.39, 0.29) is 6.61 Å². The predicted octanol–water partition coefficient (Wildman–Crippen LogP) is 3.37. The monoisotopic (exact) mass is 410 g/mol. The number of hydrogen-bond acceptors (Lipinski definition) is 7. The quantitative estimate of drug-likeness (QED) is 0.553. The summed E-state index contributed by atoms with van der Waals surface area (Å²) >= 11 is 1.21. The molecule has 0 unspecified atom stereocenters. The summed E-state index contributed by atoms with van der Waals surface area (Å²) in [6, 6.07) is 20.1. The molecule has 0 bridgehead atoms. The van der Waals surface area contributed by atoms with E-state index in [1.165, 1.54) is 11.3 Å². The molecule has 0 aliphatic carbocycles. The fourth-order valence-corrected chi connectivity index (χ4v) is 2.90. The topological polar surface area (TPSA) is 93.7 Å². The van der Waals surface area contributed by atoms with Crippen molar-refractivity contribution in [1.29, 1.82) is 0 Å². The lowest BCUT2D eigenvalue weighted by atomic mass is 10.2. The lowest BCUT2D eigenvalue weighted by molar-refractivity contribution is -0.150. The lowest BCUT2D eigenvalue weighted by Gasteiger charge is -2.09.